The fourth-order valence-corrected chi connectivity index (χ4v) is 10.4. The largest absolute Gasteiger partial charge is 0.469 e. The van der Waals surface area contributed by atoms with Crippen molar-refractivity contribution in [1.82, 2.24) is 29.4 Å². The highest BCUT2D eigenvalue weighted by Crippen LogP contribution is 2.19. The quantitative estimate of drug-likeness (QED) is 0.134. The number of furan rings is 3. The first-order valence-electron chi connectivity index (χ1n) is 29.2. The van der Waals surface area contributed by atoms with E-state index in [-0.39, 0.29) is 59.1 Å². The van der Waals surface area contributed by atoms with E-state index in [4.69, 9.17) is 13.3 Å². The summed E-state index contributed by atoms with van der Waals surface area (Å²) >= 11 is 3.65. The number of carbonyl (C=O) groups is 8. The van der Waals surface area contributed by atoms with Crippen LogP contribution >= 0.6 is 22.7 Å². The van der Waals surface area contributed by atoms with Gasteiger partial charge in [0.15, 0.2) is 0 Å². The Morgan fingerprint density at radius 2 is 0.765 bits per heavy atom. The van der Waals surface area contributed by atoms with Crippen LogP contribution in [0.2, 0.25) is 0 Å². The van der Waals surface area contributed by atoms with Gasteiger partial charge >= 0.3 is 0 Å². The Hall–Kier alpha value is -6.60. The molecule has 11 rings (SSSR count). The van der Waals surface area contributed by atoms with Gasteiger partial charge in [-0.2, -0.15) is 0 Å². The van der Waals surface area contributed by atoms with E-state index in [1.807, 2.05) is 119 Å². The van der Waals surface area contributed by atoms with Gasteiger partial charge in [0, 0.05) is 132 Å². The third-order valence-corrected chi connectivity index (χ3v) is 15.9. The number of likely N-dealkylation sites (tertiary alicyclic amines) is 6. The zero-order valence-corrected chi connectivity index (χ0v) is 56.9. The second kappa shape index (κ2) is 38.4. The molecular weight excluding hydrogens is 1120 g/mol. The summed E-state index contributed by atoms with van der Waals surface area (Å²) in [6, 6.07) is 14.4. The molecule has 19 heteroatoms. The summed E-state index contributed by atoms with van der Waals surface area (Å²) in [5, 5.41) is 2.16. The monoisotopic (exact) mass is 1220 g/mol. The highest BCUT2D eigenvalue weighted by atomic mass is 32.1. The number of imide groups is 2. The van der Waals surface area contributed by atoms with Gasteiger partial charge in [0.1, 0.15) is 23.0 Å². The third kappa shape index (κ3) is 30.4. The summed E-state index contributed by atoms with van der Waals surface area (Å²) in [6.07, 6.45) is 7.83. The molecule has 6 aliphatic heterocycles. The van der Waals surface area contributed by atoms with Gasteiger partial charge in [-0.15, -0.1) is 22.7 Å². The first-order valence-corrected chi connectivity index (χ1v) is 30.9. The number of thiophene rings is 2. The minimum absolute atomic E-state index is 0.0556. The van der Waals surface area contributed by atoms with Gasteiger partial charge in [0.2, 0.25) is 47.3 Å². The Labute approximate surface area is 516 Å². The molecule has 6 aliphatic rings. The van der Waals surface area contributed by atoms with E-state index in [9.17, 15) is 38.4 Å². The molecule has 0 aliphatic carbocycles. The maximum atomic E-state index is 10.8. The van der Waals surface area contributed by atoms with Crippen LogP contribution in [0.1, 0.15) is 134 Å². The zero-order chi connectivity index (χ0) is 65.0. The van der Waals surface area contributed by atoms with E-state index in [0.29, 0.717) is 36.5 Å². The molecule has 17 nitrogen and oxygen atoms in total. The average Bonchev–Trinajstić information content (AvgIpc) is 4.58. The second-order valence-corrected chi connectivity index (χ2v) is 26.0. The molecule has 0 radical (unpaired) electrons. The molecule has 6 saturated heterocycles. The molecule has 0 aromatic carbocycles. The van der Waals surface area contributed by atoms with Gasteiger partial charge < -0.3 is 32.9 Å². The van der Waals surface area contributed by atoms with Gasteiger partial charge in [0.25, 0.3) is 0 Å². The lowest BCUT2D eigenvalue weighted by molar-refractivity contribution is -0.139. The Morgan fingerprint density at radius 1 is 0.400 bits per heavy atom. The molecular formula is C66H102N6O11S2. The smallest absolute Gasteiger partial charge is 0.232 e. The normalized spacial score (nSPS) is 20.9. The Morgan fingerprint density at radius 3 is 0.847 bits per heavy atom. The molecule has 5 aromatic heterocycles. The Balaban J connectivity index is 0.000000468. The number of hydrogen-bond donors (Lipinski definition) is 0. The molecule has 0 N–H and O–H groups in total. The molecule has 6 fully saturated rings. The van der Waals surface area contributed by atoms with E-state index in [2.05, 4.69) is 65.1 Å². The van der Waals surface area contributed by atoms with Gasteiger partial charge in [-0.05, 0) is 158 Å². The molecule has 0 bridgehead atoms. The van der Waals surface area contributed by atoms with Crippen LogP contribution in [0.4, 0.5) is 0 Å². The van der Waals surface area contributed by atoms with Crippen molar-refractivity contribution in [2.24, 2.45) is 35.5 Å². The van der Waals surface area contributed by atoms with Crippen molar-refractivity contribution in [3.05, 3.63) is 115 Å². The fraction of sp³-hybridized carbons (Fsp3) is 0.576. The van der Waals surface area contributed by atoms with Crippen molar-refractivity contribution in [3.8, 4) is 0 Å². The van der Waals surface area contributed by atoms with Crippen LogP contribution in [-0.4, -0.2) is 145 Å². The summed E-state index contributed by atoms with van der Waals surface area (Å²) < 4.78 is 15.0. The van der Waals surface area contributed by atoms with Crippen molar-refractivity contribution in [2.75, 3.05) is 68.5 Å². The predicted molar refractivity (Wildman–Crippen MR) is 341 cm³/mol. The molecule has 0 spiro atoms. The summed E-state index contributed by atoms with van der Waals surface area (Å²) in [5.41, 5.74) is 3.76. The molecule has 474 valence electrons. The van der Waals surface area contributed by atoms with Crippen molar-refractivity contribution >= 4 is 69.9 Å². The molecule has 5 aromatic rings. The standard InChI is InChI=1S/2C6H9NO2.4C6H11NO.3C6H8O.2C6H8S/c2*1-4-3-5(8)7(2)6(4)9;2*1-5-3-6(8)7(2)4-5;2*1-5-3-4-7(2)6(5)8;2*1-5-3-6(2)7-4-5;1-5-3-4-6(2)7-5;1-5-3-6(2)7-4-5;1-5-3-4-6(2)7-5/h2*4H,3H2,1-2H3;4*5H,3-4H2,1-2H3;5*3-4H,1-2H3. The zero-order valence-electron chi connectivity index (χ0n) is 55.3. The highest BCUT2D eigenvalue weighted by Gasteiger charge is 2.33. The number of carbonyl (C=O) groups excluding carboxylic acids is 8. The predicted octanol–water partition coefficient (Wildman–Crippen LogP) is 12.4. The number of aryl methyl sites for hydroxylation is 10. The molecule has 0 saturated carbocycles. The lowest BCUT2D eigenvalue weighted by Crippen LogP contribution is -2.24. The lowest BCUT2D eigenvalue weighted by atomic mass is 10.1. The summed E-state index contributed by atoms with van der Waals surface area (Å²) in [5.74, 6) is 6.39. The minimum Gasteiger partial charge on any atom is -0.469 e. The van der Waals surface area contributed by atoms with Crippen LogP contribution in [0.3, 0.4) is 0 Å². The highest BCUT2D eigenvalue weighted by molar-refractivity contribution is 7.11. The van der Waals surface area contributed by atoms with E-state index < -0.39 is 0 Å². The van der Waals surface area contributed by atoms with E-state index in [1.165, 1.54) is 55.2 Å². The number of nitrogens with zero attached hydrogens (tertiary/aromatic N) is 6. The van der Waals surface area contributed by atoms with Crippen LogP contribution < -0.4 is 0 Å². The number of amides is 8. The Bertz CT molecular complexity index is 2440. The van der Waals surface area contributed by atoms with Crippen LogP contribution in [0.15, 0.2) is 73.6 Å². The van der Waals surface area contributed by atoms with Gasteiger partial charge in [-0.1, -0.05) is 41.5 Å². The van der Waals surface area contributed by atoms with Crippen LogP contribution in [0.5, 0.6) is 0 Å². The molecule has 8 amide bonds. The van der Waals surface area contributed by atoms with Crippen LogP contribution in [-0.2, 0) is 38.4 Å². The van der Waals surface area contributed by atoms with Crippen LogP contribution in [0.25, 0.3) is 0 Å². The molecule has 11 heterocycles. The minimum atomic E-state index is -0.0949. The van der Waals surface area contributed by atoms with Crippen molar-refractivity contribution in [1.29, 1.82) is 0 Å². The van der Waals surface area contributed by atoms with Gasteiger partial charge in [-0.25, -0.2) is 0 Å². The Kier molecular flexibility index (Phi) is 34.6. The number of hydrogen-bond acceptors (Lipinski definition) is 13. The van der Waals surface area contributed by atoms with E-state index in [0.717, 1.165) is 74.9 Å². The lowest BCUT2D eigenvalue weighted by Gasteiger charge is -2.05. The second-order valence-electron chi connectivity index (χ2n) is 23.4. The van der Waals surface area contributed by atoms with Crippen molar-refractivity contribution in [3.63, 3.8) is 0 Å². The van der Waals surface area contributed by atoms with E-state index >= 15 is 0 Å². The first kappa shape index (κ1) is 76.4. The van der Waals surface area contributed by atoms with Crippen molar-refractivity contribution in [2.45, 2.75) is 149 Å². The fourth-order valence-electron chi connectivity index (χ4n) is 8.89. The number of rotatable bonds is 0. The SMILES string of the molecule is CC1CC(=O)N(C)C1.CC1CC(=O)N(C)C1.CC1CC(=O)N(C)C1=O.CC1CC(=O)N(C)C1=O.CC1CCN(C)C1=O.CC1CCN(C)C1=O.Cc1ccc(C)o1.Cc1ccc(C)s1.Cc1coc(C)c1.Cc1coc(C)c1.Cc1csc(C)c1. The average molecular weight is 1220 g/mol. The van der Waals surface area contributed by atoms with Crippen LogP contribution in [0, 0.1) is 105 Å². The van der Waals surface area contributed by atoms with Gasteiger partial charge in [0.05, 0.1) is 12.5 Å². The third-order valence-electron chi connectivity index (χ3n) is 14.0. The summed E-state index contributed by atoms with van der Waals surface area (Å²) in [7, 11) is 10.5. The van der Waals surface area contributed by atoms with Gasteiger partial charge in [-0.3, -0.25) is 48.2 Å². The topological polar surface area (TPSA) is 195 Å². The first-order chi connectivity index (χ1) is 39.5. The van der Waals surface area contributed by atoms with Crippen molar-refractivity contribution < 1.29 is 51.6 Å². The molecule has 6 unspecified atom stereocenters. The summed E-state index contributed by atoms with van der Waals surface area (Å²) in [4.78, 5) is 99.8. The molecule has 85 heavy (non-hydrogen) atoms. The maximum Gasteiger partial charge on any atom is 0.232 e. The van der Waals surface area contributed by atoms with E-state index in [1.54, 1.807) is 57.3 Å². The summed E-state index contributed by atoms with van der Waals surface area (Å²) in [6.45, 7) is 35.7. The molecule has 6 atom stereocenters. The maximum absolute atomic E-state index is 10.8.